The molecular formula is C23H29BrN4OS. The van der Waals surface area contributed by atoms with E-state index in [1.54, 1.807) is 6.20 Å². The molecule has 30 heavy (non-hydrogen) atoms. The van der Waals surface area contributed by atoms with E-state index in [0.29, 0.717) is 11.4 Å². The molecule has 5 rings (SSSR count). The molecule has 2 N–H and O–H groups in total. The van der Waals surface area contributed by atoms with Crippen LogP contribution in [0.15, 0.2) is 33.7 Å². The van der Waals surface area contributed by atoms with Crippen molar-refractivity contribution in [3.05, 3.63) is 44.8 Å². The lowest BCUT2D eigenvalue weighted by atomic mass is 10.0. The van der Waals surface area contributed by atoms with Crippen LogP contribution in [0.1, 0.15) is 45.1 Å². The van der Waals surface area contributed by atoms with Crippen molar-refractivity contribution in [1.82, 2.24) is 14.3 Å². The van der Waals surface area contributed by atoms with Gasteiger partial charge in [0.1, 0.15) is 5.82 Å². The van der Waals surface area contributed by atoms with E-state index >= 15 is 0 Å². The molecule has 1 aliphatic heterocycles. The van der Waals surface area contributed by atoms with Gasteiger partial charge in [0.2, 0.25) is 0 Å². The van der Waals surface area contributed by atoms with Gasteiger partial charge >= 0.3 is 0 Å². The molecule has 2 aliphatic rings. The van der Waals surface area contributed by atoms with Crippen LogP contribution in [0.2, 0.25) is 0 Å². The number of nitrogens with one attached hydrogen (secondary N) is 2. The number of nitrogens with zero attached hydrogens (tertiary/aromatic N) is 2. The van der Waals surface area contributed by atoms with Crippen molar-refractivity contribution in [2.75, 3.05) is 18.4 Å². The molecule has 3 aromatic rings. The summed E-state index contributed by atoms with van der Waals surface area (Å²) in [5, 5.41) is 7.15. The fourth-order valence-electron chi connectivity index (χ4n) is 3.96. The minimum absolute atomic E-state index is 0.0903. The lowest BCUT2D eigenvalue weighted by Crippen LogP contribution is -2.39. The van der Waals surface area contributed by atoms with E-state index in [1.165, 1.54) is 25.8 Å². The zero-order valence-electron chi connectivity index (χ0n) is 17.8. The van der Waals surface area contributed by atoms with Crippen molar-refractivity contribution in [2.45, 2.75) is 57.7 Å². The van der Waals surface area contributed by atoms with E-state index < -0.39 is 0 Å². The fraction of sp³-hybridized carbons (Fsp3) is 0.478. The highest BCUT2D eigenvalue weighted by atomic mass is 79.9. The summed E-state index contributed by atoms with van der Waals surface area (Å²) < 4.78 is 3.48. The Kier molecular flexibility index (Phi) is 6.70. The van der Waals surface area contributed by atoms with Crippen molar-refractivity contribution < 1.29 is 0 Å². The Hall–Kier alpha value is -1.57. The summed E-state index contributed by atoms with van der Waals surface area (Å²) in [4.78, 5) is 20.3. The third kappa shape index (κ3) is 4.53. The third-order valence-corrected chi connectivity index (χ3v) is 7.43. The molecule has 1 aromatic carbocycles. The lowest BCUT2D eigenvalue weighted by molar-refractivity contribution is 0.355. The topological polar surface area (TPSA) is 61.0 Å². The Morgan fingerprint density at radius 2 is 2.03 bits per heavy atom. The minimum Gasteiger partial charge on any atom is -0.365 e. The summed E-state index contributed by atoms with van der Waals surface area (Å²) in [6, 6.07) is 6.46. The first-order valence-electron chi connectivity index (χ1n) is 10.9. The molecule has 2 fully saturated rings. The van der Waals surface area contributed by atoms with Crippen molar-refractivity contribution in [1.29, 1.82) is 0 Å². The number of pyridine rings is 2. The summed E-state index contributed by atoms with van der Waals surface area (Å²) in [5.74, 6) is 0.881. The normalized spacial score (nSPS) is 19.5. The first kappa shape index (κ1) is 21.7. The Bertz CT molecular complexity index is 1110. The molecule has 160 valence electrons. The van der Waals surface area contributed by atoms with Gasteiger partial charge in [0.05, 0.1) is 10.9 Å². The monoisotopic (exact) mass is 488 g/mol. The predicted molar refractivity (Wildman–Crippen MR) is 132 cm³/mol. The predicted octanol–water partition coefficient (Wildman–Crippen LogP) is 5.86. The van der Waals surface area contributed by atoms with Gasteiger partial charge < -0.3 is 10.3 Å². The molecule has 1 aliphatic carbocycles. The average Bonchev–Trinajstić information content (AvgIpc) is 3.56. The van der Waals surface area contributed by atoms with Crippen LogP contribution in [0.4, 0.5) is 5.82 Å². The van der Waals surface area contributed by atoms with Crippen LogP contribution < -0.4 is 10.9 Å². The van der Waals surface area contributed by atoms with Crippen LogP contribution in [0.25, 0.3) is 21.7 Å². The van der Waals surface area contributed by atoms with Crippen molar-refractivity contribution in [3.63, 3.8) is 0 Å². The smallest absolute Gasteiger partial charge is 0.258 e. The van der Waals surface area contributed by atoms with Gasteiger partial charge in [0.25, 0.3) is 5.56 Å². The molecule has 0 bridgehead atoms. The second-order valence-corrected chi connectivity index (χ2v) is 10.2. The standard InChI is InChI=1S/C21H23BrN4OS.C2H6/c1-12-10-23-21(27)18-17-9-13(22)4-7-16(17)20(25-19(12)18)24-14-3-2-8-26(11-14)28-15-5-6-15;1-2/h4,7,9-10,14-15H,2-3,5-6,8,11H2,1H3,(H,23,27)(H,24,25);1-2H3. The number of fused-ring (bicyclic) bond motifs is 3. The fourth-order valence-corrected chi connectivity index (χ4v) is 5.59. The van der Waals surface area contributed by atoms with E-state index in [2.05, 4.69) is 36.6 Å². The van der Waals surface area contributed by atoms with Gasteiger partial charge in [-0.05, 0) is 56.4 Å². The molecule has 5 nitrogen and oxygen atoms in total. The van der Waals surface area contributed by atoms with Gasteiger partial charge in [0.15, 0.2) is 0 Å². The van der Waals surface area contributed by atoms with Gasteiger partial charge in [0, 0.05) is 45.8 Å². The van der Waals surface area contributed by atoms with Gasteiger partial charge in [-0.1, -0.05) is 41.7 Å². The largest absolute Gasteiger partial charge is 0.365 e. The van der Waals surface area contributed by atoms with Gasteiger partial charge in [-0.25, -0.2) is 9.29 Å². The molecule has 0 spiro atoms. The summed E-state index contributed by atoms with van der Waals surface area (Å²) in [5.41, 5.74) is 1.67. The Balaban J connectivity index is 0.00000106. The van der Waals surface area contributed by atoms with Crippen molar-refractivity contribution in [2.24, 2.45) is 0 Å². The number of hydrogen-bond donors (Lipinski definition) is 2. The molecule has 1 saturated heterocycles. The van der Waals surface area contributed by atoms with E-state index in [-0.39, 0.29) is 5.56 Å². The molecule has 1 saturated carbocycles. The van der Waals surface area contributed by atoms with Crippen LogP contribution in [0, 0.1) is 6.92 Å². The minimum atomic E-state index is -0.0903. The first-order chi connectivity index (χ1) is 14.6. The molecule has 7 heteroatoms. The third-order valence-electron chi connectivity index (χ3n) is 5.53. The van der Waals surface area contributed by atoms with Crippen LogP contribution in [-0.2, 0) is 0 Å². The molecular weight excluding hydrogens is 460 g/mol. The highest BCUT2D eigenvalue weighted by Gasteiger charge is 2.29. The Labute approximate surface area is 190 Å². The summed E-state index contributed by atoms with van der Waals surface area (Å²) in [6.07, 6.45) is 6.82. The number of aromatic amines is 1. The SMILES string of the molecule is CC.Cc1c[nH]c(=O)c2c1nc(NC1CCCN(SC3CC3)C1)c1ccc(Br)cc12. The molecule has 0 amide bonds. The second-order valence-electron chi connectivity index (χ2n) is 7.85. The average molecular weight is 489 g/mol. The van der Waals surface area contributed by atoms with Crippen LogP contribution >= 0.6 is 27.9 Å². The molecule has 1 atom stereocenters. The highest BCUT2D eigenvalue weighted by Crippen LogP contribution is 2.38. The summed E-state index contributed by atoms with van der Waals surface area (Å²) in [6.45, 7) is 8.20. The van der Waals surface area contributed by atoms with Crippen LogP contribution in [0.3, 0.4) is 0 Å². The number of hydrogen-bond acceptors (Lipinski definition) is 5. The van der Waals surface area contributed by atoms with Crippen molar-refractivity contribution in [3.8, 4) is 0 Å². The number of benzene rings is 1. The van der Waals surface area contributed by atoms with Crippen LogP contribution in [-0.4, -0.2) is 38.7 Å². The number of anilines is 1. The van der Waals surface area contributed by atoms with Crippen LogP contribution in [0.5, 0.6) is 0 Å². The number of rotatable bonds is 4. The lowest BCUT2D eigenvalue weighted by Gasteiger charge is -2.32. The molecule has 2 aromatic heterocycles. The van der Waals surface area contributed by atoms with E-state index in [1.807, 2.05) is 44.9 Å². The number of halogens is 1. The maximum atomic E-state index is 12.6. The summed E-state index contributed by atoms with van der Waals surface area (Å²) in [7, 11) is 0. The number of H-pyrrole nitrogens is 1. The van der Waals surface area contributed by atoms with Crippen molar-refractivity contribution >= 4 is 55.4 Å². The zero-order valence-corrected chi connectivity index (χ0v) is 20.2. The zero-order chi connectivity index (χ0) is 21.3. The molecule has 1 unspecified atom stereocenters. The van der Waals surface area contributed by atoms with Gasteiger partial charge in [-0.3, -0.25) is 4.79 Å². The molecule has 0 radical (unpaired) electrons. The second kappa shape index (κ2) is 9.28. The number of aromatic nitrogens is 2. The number of piperidine rings is 1. The maximum absolute atomic E-state index is 12.6. The van der Waals surface area contributed by atoms with E-state index in [9.17, 15) is 4.79 Å². The van der Waals surface area contributed by atoms with E-state index in [4.69, 9.17) is 4.98 Å². The molecule has 3 heterocycles. The summed E-state index contributed by atoms with van der Waals surface area (Å²) >= 11 is 5.59. The maximum Gasteiger partial charge on any atom is 0.258 e. The Morgan fingerprint density at radius 1 is 1.23 bits per heavy atom. The quantitative estimate of drug-likeness (QED) is 0.355. The van der Waals surface area contributed by atoms with Gasteiger partial charge in [-0.15, -0.1) is 0 Å². The van der Waals surface area contributed by atoms with Gasteiger partial charge in [-0.2, -0.15) is 0 Å². The Morgan fingerprint density at radius 3 is 2.80 bits per heavy atom. The first-order valence-corrected chi connectivity index (χ1v) is 12.5. The highest BCUT2D eigenvalue weighted by molar-refractivity contribution is 9.10. The van der Waals surface area contributed by atoms with E-state index in [0.717, 1.165) is 50.4 Å². The number of aryl methyl sites for hydroxylation is 1.